The van der Waals surface area contributed by atoms with Crippen molar-refractivity contribution in [3.63, 3.8) is 0 Å². The molecule has 2 aromatic carbocycles. The molecule has 256 valence electrons. The largest absolute Gasteiger partial charge is 0.619 e. The van der Waals surface area contributed by atoms with Gasteiger partial charge in [-0.1, -0.05) is 47.5 Å². The number of piperidine rings is 3. The van der Waals surface area contributed by atoms with Crippen LogP contribution in [-0.2, 0) is 17.7 Å². The molecular weight excluding hydrogens is 671 g/mol. The molecule has 5 heterocycles. The Hall–Kier alpha value is -4.58. The number of aromatic nitrogens is 2. The molecule has 3 aliphatic rings. The molecule has 0 spiro atoms. The number of aromatic carboxylic acids is 1. The lowest BCUT2D eigenvalue weighted by Gasteiger charge is -2.44. The lowest BCUT2D eigenvalue weighted by molar-refractivity contribution is -0.605. The summed E-state index contributed by atoms with van der Waals surface area (Å²) in [5, 5.41) is 22.9. The molecule has 49 heavy (non-hydrogen) atoms. The van der Waals surface area contributed by atoms with Gasteiger partial charge < -0.3 is 24.5 Å². The first-order valence-corrected chi connectivity index (χ1v) is 16.7. The quantitative estimate of drug-likeness (QED) is 0.140. The van der Waals surface area contributed by atoms with Gasteiger partial charge in [-0.05, 0) is 85.3 Å². The fraction of sp³-hybridized carbons (Fsp3) is 0.333. The standard InChI is InChI=1S/C36H36Cl2N4O7/c1-47-30-10-9-23(16-31(30)48-2)26(17-27-28(37)19-41(46)20-29(27)38)34-24(6-5-7-25(34)35(43)44)18-42(33-8-3-4-13-39-33)36(45)49-32-21-40-14-11-22(32)12-15-40/h3-10,13,16,19-20,22,26,32H,11-12,14-15,17-18,21H2,1-2H3,(H,43,44)/t26-,32-/m0/s1. The molecule has 0 radical (unpaired) electrons. The van der Waals surface area contributed by atoms with E-state index in [2.05, 4.69) is 9.88 Å². The molecule has 0 saturated carbocycles. The van der Waals surface area contributed by atoms with Crippen LogP contribution in [0, 0.1) is 11.1 Å². The van der Waals surface area contributed by atoms with Crippen LogP contribution >= 0.6 is 23.2 Å². The number of hydrogen-bond donors (Lipinski definition) is 1. The fourth-order valence-electron chi connectivity index (χ4n) is 6.90. The fourth-order valence-corrected chi connectivity index (χ4v) is 7.49. The summed E-state index contributed by atoms with van der Waals surface area (Å²) >= 11 is 13.2. The van der Waals surface area contributed by atoms with Crippen LogP contribution in [0.2, 0.25) is 10.0 Å². The highest BCUT2D eigenvalue weighted by Crippen LogP contribution is 2.41. The molecule has 2 atom stereocenters. The number of ether oxygens (including phenoxy) is 3. The number of anilines is 1. The first kappa shape index (κ1) is 34.3. The van der Waals surface area contributed by atoms with Crippen LogP contribution in [0.15, 0.2) is 73.2 Å². The maximum absolute atomic E-state index is 14.1. The number of benzene rings is 2. The molecule has 1 amide bonds. The van der Waals surface area contributed by atoms with Crippen molar-refractivity contribution in [2.45, 2.75) is 37.8 Å². The molecule has 3 saturated heterocycles. The Balaban J connectivity index is 1.48. The van der Waals surface area contributed by atoms with Crippen molar-refractivity contribution >= 4 is 41.1 Å². The highest BCUT2D eigenvalue weighted by molar-refractivity contribution is 6.35. The van der Waals surface area contributed by atoms with Gasteiger partial charge in [0.05, 0.1) is 26.3 Å². The number of pyridine rings is 2. The lowest BCUT2D eigenvalue weighted by Crippen LogP contribution is -2.53. The summed E-state index contributed by atoms with van der Waals surface area (Å²) in [5.41, 5.74) is 2.09. The SMILES string of the molecule is COc1ccc([C@H](Cc2c(Cl)c[n+]([O-])cc2Cl)c2c(CN(C(=O)O[C@H]3CN4CCC3CC4)c3ccccn3)cccc2C(=O)O)cc1OC. The Kier molecular flexibility index (Phi) is 10.4. The number of hydrogen-bond acceptors (Lipinski definition) is 8. The Bertz CT molecular complexity index is 1810. The molecule has 13 heteroatoms. The minimum atomic E-state index is -1.16. The molecule has 0 aliphatic carbocycles. The Labute approximate surface area is 294 Å². The smallest absolute Gasteiger partial charge is 0.416 e. The Morgan fingerprint density at radius 2 is 1.78 bits per heavy atom. The molecule has 7 rings (SSSR count). The number of carbonyl (C=O) groups excluding carboxylic acids is 1. The zero-order valence-corrected chi connectivity index (χ0v) is 28.6. The highest BCUT2D eigenvalue weighted by atomic mass is 35.5. The van der Waals surface area contributed by atoms with Gasteiger partial charge in [-0.25, -0.2) is 14.6 Å². The number of nitrogens with zero attached hydrogens (tertiary/aromatic N) is 4. The van der Waals surface area contributed by atoms with Gasteiger partial charge in [0.2, 0.25) is 0 Å². The van der Waals surface area contributed by atoms with E-state index in [0.29, 0.717) is 50.8 Å². The molecular formula is C36H36Cl2N4O7. The number of methoxy groups -OCH3 is 2. The van der Waals surface area contributed by atoms with Crippen molar-refractivity contribution < 1.29 is 33.6 Å². The van der Waals surface area contributed by atoms with E-state index in [9.17, 15) is 19.9 Å². The van der Waals surface area contributed by atoms with E-state index in [-0.39, 0.29) is 40.6 Å². The van der Waals surface area contributed by atoms with E-state index in [4.69, 9.17) is 37.4 Å². The normalized spacial score (nSPS) is 18.8. The number of carboxylic acid groups (broad SMARTS) is 1. The van der Waals surface area contributed by atoms with E-state index < -0.39 is 18.0 Å². The predicted octanol–water partition coefficient (Wildman–Crippen LogP) is 6.35. The highest BCUT2D eigenvalue weighted by Gasteiger charge is 2.38. The molecule has 0 unspecified atom stereocenters. The molecule has 2 aromatic heterocycles. The van der Waals surface area contributed by atoms with Gasteiger partial charge in [-0.3, -0.25) is 9.80 Å². The molecule has 1 N–H and O–H groups in total. The van der Waals surface area contributed by atoms with Gasteiger partial charge in [0.1, 0.15) is 22.0 Å². The van der Waals surface area contributed by atoms with Crippen molar-refractivity contribution in [3.05, 3.63) is 116 Å². The number of amides is 1. The number of halogens is 2. The minimum absolute atomic E-state index is 0.0195. The van der Waals surface area contributed by atoms with Gasteiger partial charge >= 0.3 is 12.1 Å². The first-order chi connectivity index (χ1) is 23.7. The topological polar surface area (TPSA) is 128 Å². The zero-order valence-electron chi connectivity index (χ0n) is 27.1. The molecule has 3 aliphatic heterocycles. The van der Waals surface area contributed by atoms with Crippen molar-refractivity contribution in [1.29, 1.82) is 0 Å². The lowest BCUT2D eigenvalue weighted by atomic mass is 9.80. The summed E-state index contributed by atoms with van der Waals surface area (Å²) < 4.78 is 17.8. The maximum atomic E-state index is 14.1. The Morgan fingerprint density at radius 3 is 2.39 bits per heavy atom. The summed E-state index contributed by atoms with van der Waals surface area (Å²) in [7, 11) is 3.03. The number of carbonyl (C=O) groups is 2. The van der Waals surface area contributed by atoms with E-state index in [1.165, 1.54) is 37.6 Å². The molecule has 4 aromatic rings. The van der Waals surface area contributed by atoms with E-state index in [0.717, 1.165) is 25.9 Å². The van der Waals surface area contributed by atoms with Gasteiger partial charge in [0.25, 0.3) is 0 Å². The summed E-state index contributed by atoms with van der Waals surface area (Å²) in [4.78, 5) is 35.2. The van der Waals surface area contributed by atoms with E-state index in [1.807, 2.05) is 6.07 Å². The van der Waals surface area contributed by atoms with Crippen LogP contribution in [0.3, 0.4) is 0 Å². The second-order valence-corrected chi connectivity index (χ2v) is 13.0. The first-order valence-electron chi connectivity index (χ1n) is 15.9. The van der Waals surface area contributed by atoms with E-state index >= 15 is 0 Å². The van der Waals surface area contributed by atoms with Crippen molar-refractivity contribution in [3.8, 4) is 11.5 Å². The molecule has 11 nitrogen and oxygen atoms in total. The van der Waals surface area contributed by atoms with Crippen LogP contribution in [0.1, 0.15) is 51.4 Å². The van der Waals surface area contributed by atoms with Gasteiger partial charge in [0.15, 0.2) is 23.9 Å². The predicted molar refractivity (Wildman–Crippen MR) is 184 cm³/mol. The van der Waals surface area contributed by atoms with Gasteiger partial charge in [-0.15, -0.1) is 0 Å². The second-order valence-electron chi connectivity index (χ2n) is 12.2. The van der Waals surface area contributed by atoms with Crippen LogP contribution in [0.25, 0.3) is 0 Å². The summed E-state index contributed by atoms with van der Waals surface area (Å²) in [5.74, 6) is -0.299. The van der Waals surface area contributed by atoms with Crippen LogP contribution in [0.4, 0.5) is 10.6 Å². The van der Waals surface area contributed by atoms with Crippen molar-refractivity contribution in [1.82, 2.24) is 9.88 Å². The summed E-state index contributed by atoms with van der Waals surface area (Å²) in [6.07, 6.45) is 5.22. The number of carboxylic acids is 1. The number of rotatable bonds is 11. The maximum Gasteiger partial charge on any atom is 0.416 e. The second kappa shape index (κ2) is 14.9. The van der Waals surface area contributed by atoms with Crippen LogP contribution in [-0.4, -0.2) is 67.0 Å². The van der Waals surface area contributed by atoms with Crippen molar-refractivity contribution in [2.24, 2.45) is 5.92 Å². The molecule has 3 fully saturated rings. The number of fused-ring (bicyclic) bond motifs is 3. The Morgan fingerprint density at radius 1 is 1.04 bits per heavy atom. The summed E-state index contributed by atoms with van der Waals surface area (Å²) in [6, 6.07) is 15.5. The van der Waals surface area contributed by atoms with Crippen molar-refractivity contribution in [2.75, 3.05) is 38.8 Å². The minimum Gasteiger partial charge on any atom is -0.619 e. The third-order valence-electron chi connectivity index (χ3n) is 9.37. The zero-order chi connectivity index (χ0) is 34.7. The average molecular weight is 708 g/mol. The third-order valence-corrected chi connectivity index (χ3v) is 10.0. The van der Waals surface area contributed by atoms with Crippen LogP contribution < -0.4 is 19.1 Å². The monoisotopic (exact) mass is 706 g/mol. The van der Waals surface area contributed by atoms with Gasteiger partial charge in [-0.2, -0.15) is 4.73 Å². The van der Waals surface area contributed by atoms with Gasteiger partial charge in [0, 0.05) is 24.2 Å². The van der Waals surface area contributed by atoms with Crippen LogP contribution in [0.5, 0.6) is 11.5 Å². The van der Waals surface area contributed by atoms with E-state index in [1.54, 1.807) is 48.7 Å². The molecule has 2 bridgehead atoms. The average Bonchev–Trinajstić information content (AvgIpc) is 3.11. The summed E-state index contributed by atoms with van der Waals surface area (Å²) in [6.45, 7) is 2.62. The third kappa shape index (κ3) is 7.39.